The number of nitrogens with two attached hydrogens (primary N) is 1. The third kappa shape index (κ3) is 2.05. The summed E-state index contributed by atoms with van der Waals surface area (Å²) in [4.78, 5) is 13.5. The van der Waals surface area contributed by atoms with Gasteiger partial charge in [-0.25, -0.2) is 4.98 Å². The SMILES string of the molecule is [CH2]CNc1ccc([N+](=O)[O-])c(N)n1. The number of pyridine rings is 1. The van der Waals surface area contributed by atoms with E-state index < -0.39 is 4.92 Å². The van der Waals surface area contributed by atoms with E-state index in [0.717, 1.165) is 0 Å². The monoisotopic (exact) mass is 181 g/mol. The van der Waals surface area contributed by atoms with Crippen molar-refractivity contribution in [2.75, 3.05) is 17.6 Å². The van der Waals surface area contributed by atoms with Crippen LogP contribution in [0.2, 0.25) is 0 Å². The number of hydrogen-bond acceptors (Lipinski definition) is 5. The van der Waals surface area contributed by atoms with Gasteiger partial charge in [-0.05, 0) is 13.0 Å². The molecule has 13 heavy (non-hydrogen) atoms. The van der Waals surface area contributed by atoms with Gasteiger partial charge in [-0.1, -0.05) is 0 Å². The molecule has 0 aliphatic carbocycles. The molecule has 0 atom stereocenters. The second kappa shape index (κ2) is 3.70. The highest BCUT2D eigenvalue weighted by atomic mass is 16.6. The van der Waals surface area contributed by atoms with Crippen molar-refractivity contribution in [2.45, 2.75) is 0 Å². The van der Waals surface area contributed by atoms with Crippen molar-refractivity contribution in [1.82, 2.24) is 4.98 Å². The van der Waals surface area contributed by atoms with Crippen molar-refractivity contribution in [3.8, 4) is 0 Å². The van der Waals surface area contributed by atoms with Crippen LogP contribution in [0.15, 0.2) is 12.1 Å². The van der Waals surface area contributed by atoms with Crippen LogP contribution >= 0.6 is 0 Å². The molecule has 3 N–H and O–H groups in total. The lowest BCUT2D eigenvalue weighted by Gasteiger charge is -2.02. The minimum Gasteiger partial charge on any atom is -0.378 e. The Balaban J connectivity index is 2.98. The molecule has 0 saturated carbocycles. The zero-order valence-corrected chi connectivity index (χ0v) is 6.86. The Morgan fingerprint density at radius 1 is 1.69 bits per heavy atom. The first kappa shape index (κ1) is 9.24. The molecule has 0 unspecified atom stereocenters. The predicted octanol–water partition coefficient (Wildman–Crippen LogP) is 0.818. The van der Waals surface area contributed by atoms with E-state index in [0.29, 0.717) is 12.4 Å². The Morgan fingerprint density at radius 3 is 2.85 bits per heavy atom. The highest BCUT2D eigenvalue weighted by molar-refractivity contribution is 5.57. The van der Waals surface area contributed by atoms with Gasteiger partial charge in [0.1, 0.15) is 5.82 Å². The van der Waals surface area contributed by atoms with E-state index in [4.69, 9.17) is 5.73 Å². The minimum atomic E-state index is -0.573. The molecule has 0 bridgehead atoms. The van der Waals surface area contributed by atoms with E-state index >= 15 is 0 Å². The molecule has 1 rings (SSSR count). The number of aromatic nitrogens is 1. The normalized spacial score (nSPS) is 9.62. The summed E-state index contributed by atoms with van der Waals surface area (Å²) < 4.78 is 0. The Hall–Kier alpha value is -1.85. The molecule has 0 aromatic carbocycles. The maximum absolute atomic E-state index is 10.3. The Morgan fingerprint density at radius 2 is 2.38 bits per heavy atom. The van der Waals surface area contributed by atoms with Gasteiger partial charge >= 0.3 is 5.69 Å². The van der Waals surface area contributed by atoms with Crippen molar-refractivity contribution < 1.29 is 4.92 Å². The highest BCUT2D eigenvalue weighted by Crippen LogP contribution is 2.20. The topological polar surface area (TPSA) is 94.1 Å². The van der Waals surface area contributed by atoms with Crippen molar-refractivity contribution in [3.63, 3.8) is 0 Å². The van der Waals surface area contributed by atoms with Crippen LogP contribution in [0, 0.1) is 17.0 Å². The van der Waals surface area contributed by atoms with Crippen LogP contribution < -0.4 is 11.1 Å². The number of hydrogen-bond donors (Lipinski definition) is 2. The third-order valence-electron chi connectivity index (χ3n) is 1.41. The van der Waals surface area contributed by atoms with Crippen LogP contribution in [0.5, 0.6) is 0 Å². The van der Waals surface area contributed by atoms with Gasteiger partial charge in [0.05, 0.1) is 4.92 Å². The first-order chi connectivity index (χ1) is 6.15. The molecule has 6 heteroatoms. The minimum absolute atomic E-state index is 0.0940. The van der Waals surface area contributed by atoms with Crippen molar-refractivity contribution >= 4 is 17.3 Å². The van der Waals surface area contributed by atoms with Crippen molar-refractivity contribution in [3.05, 3.63) is 29.2 Å². The first-order valence-electron chi connectivity index (χ1n) is 3.59. The maximum atomic E-state index is 10.3. The van der Waals surface area contributed by atoms with Gasteiger partial charge in [0, 0.05) is 12.6 Å². The van der Waals surface area contributed by atoms with E-state index in [2.05, 4.69) is 17.2 Å². The van der Waals surface area contributed by atoms with Crippen molar-refractivity contribution in [1.29, 1.82) is 0 Å². The van der Waals surface area contributed by atoms with Gasteiger partial charge in [-0.2, -0.15) is 0 Å². The van der Waals surface area contributed by atoms with Gasteiger partial charge in [-0.3, -0.25) is 10.1 Å². The predicted molar refractivity (Wildman–Crippen MR) is 49.2 cm³/mol. The number of rotatable bonds is 3. The van der Waals surface area contributed by atoms with Crippen LogP contribution in [0.25, 0.3) is 0 Å². The summed E-state index contributed by atoms with van der Waals surface area (Å²) in [5.41, 5.74) is 5.15. The number of nitro groups is 1. The zero-order valence-electron chi connectivity index (χ0n) is 6.86. The number of anilines is 2. The zero-order chi connectivity index (χ0) is 9.84. The Bertz CT molecular complexity index is 326. The molecule has 0 fully saturated rings. The molecule has 1 heterocycles. The first-order valence-corrected chi connectivity index (χ1v) is 3.59. The standard InChI is InChI=1S/C7H9N4O2/c1-2-9-6-4-3-5(11(12)13)7(8)10-6/h3-4H,1-2H2,(H3,8,9,10). The van der Waals surface area contributed by atoms with E-state index in [1.807, 2.05) is 0 Å². The summed E-state index contributed by atoms with van der Waals surface area (Å²) in [5.74, 6) is 0.390. The van der Waals surface area contributed by atoms with Crippen LogP contribution in [-0.4, -0.2) is 16.5 Å². The smallest absolute Gasteiger partial charge is 0.311 e. The molecule has 0 spiro atoms. The average Bonchev–Trinajstić information content (AvgIpc) is 2.04. The van der Waals surface area contributed by atoms with Gasteiger partial charge in [0.15, 0.2) is 0 Å². The number of nitrogens with zero attached hydrogens (tertiary/aromatic N) is 2. The lowest BCUT2D eigenvalue weighted by Crippen LogP contribution is -2.03. The van der Waals surface area contributed by atoms with Gasteiger partial charge in [-0.15, -0.1) is 0 Å². The molecule has 1 aromatic rings. The number of nitrogen functional groups attached to an aromatic ring is 1. The fraction of sp³-hybridized carbons (Fsp3) is 0.143. The van der Waals surface area contributed by atoms with Crippen LogP contribution in [-0.2, 0) is 0 Å². The van der Waals surface area contributed by atoms with E-state index in [-0.39, 0.29) is 11.5 Å². The average molecular weight is 181 g/mol. The molecular weight excluding hydrogens is 172 g/mol. The van der Waals surface area contributed by atoms with Gasteiger partial charge < -0.3 is 11.1 Å². The number of nitrogens with one attached hydrogen (secondary N) is 1. The summed E-state index contributed by atoms with van der Waals surface area (Å²) in [6, 6.07) is 2.79. The third-order valence-corrected chi connectivity index (χ3v) is 1.41. The van der Waals surface area contributed by atoms with E-state index in [1.54, 1.807) is 0 Å². The summed E-state index contributed by atoms with van der Waals surface area (Å²) in [6.45, 7) is 3.99. The molecule has 0 amide bonds. The molecular formula is C7H9N4O2. The molecule has 1 aromatic heterocycles. The summed E-state index contributed by atoms with van der Waals surface area (Å²) in [7, 11) is 0. The molecule has 6 nitrogen and oxygen atoms in total. The quantitative estimate of drug-likeness (QED) is 0.531. The second-order valence-electron chi connectivity index (χ2n) is 2.28. The maximum Gasteiger partial charge on any atom is 0.311 e. The summed E-state index contributed by atoms with van der Waals surface area (Å²) in [5, 5.41) is 13.1. The Kier molecular flexibility index (Phi) is 2.63. The van der Waals surface area contributed by atoms with Crippen LogP contribution in [0.4, 0.5) is 17.3 Å². The largest absolute Gasteiger partial charge is 0.378 e. The molecule has 0 aliphatic rings. The fourth-order valence-electron chi connectivity index (χ4n) is 0.848. The Labute approximate surface area is 74.9 Å². The fourth-order valence-corrected chi connectivity index (χ4v) is 0.848. The van der Waals surface area contributed by atoms with Gasteiger partial charge in [0.25, 0.3) is 0 Å². The molecule has 69 valence electrons. The lowest BCUT2D eigenvalue weighted by atomic mass is 10.4. The van der Waals surface area contributed by atoms with Crippen LogP contribution in [0.1, 0.15) is 0 Å². The second-order valence-corrected chi connectivity index (χ2v) is 2.28. The summed E-state index contributed by atoms with van der Waals surface area (Å²) in [6.07, 6.45) is 0. The molecule has 1 radical (unpaired) electrons. The lowest BCUT2D eigenvalue weighted by molar-refractivity contribution is -0.384. The molecule has 0 aliphatic heterocycles. The van der Waals surface area contributed by atoms with E-state index in [1.165, 1.54) is 12.1 Å². The highest BCUT2D eigenvalue weighted by Gasteiger charge is 2.11. The summed E-state index contributed by atoms with van der Waals surface area (Å²) >= 11 is 0. The van der Waals surface area contributed by atoms with Crippen LogP contribution in [0.3, 0.4) is 0 Å². The van der Waals surface area contributed by atoms with Crippen molar-refractivity contribution in [2.24, 2.45) is 0 Å². The van der Waals surface area contributed by atoms with Gasteiger partial charge in [0.2, 0.25) is 5.82 Å². The van der Waals surface area contributed by atoms with E-state index in [9.17, 15) is 10.1 Å². The molecule has 0 saturated heterocycles.